The zero-order valence-electron chi connectivity index (χ0n) is 24.2. The first-order chi connectivity index (χ1) is 21.8. The van der Waals surface area contributed by atoms with Crippen molar-refractivity contribution in [3.05, 3.63) is 170 Å². The molecule has 44 heavy (non-hydrogen) atoms. The molecule has 0 nitrogen and oxygen atoms in total. The van der Waals surface area contributed by atoms with Gasteiger partial charge in [0.25, 0.3) is 0 Å². The van der Waals surface area contributed by atoms with Crippen LogP contribution < -0.4 is 0 Å². The predicted octanol–water partition coefficient (Wildman–Crippen LogP) is 12.5. The summed E-state index contributed by atoms with van der Waals surface area (Å²) < 4.78 is 0. The molecule has 0 atom stereocenters. The Morgan fingerprint density at radius 1 is 0.205 bits per heavy atom. The molecule has 0 aliphatic heterocycles. The van der Waals surface area contributed by atoms with Crippen molar-refractivity contribution in [3.8, 4) is 33.4 Å². The summed E-state index contributed by atoms with van der Waals surface area (Å²) in [5.41, 5.74) is 7.46. The Hall–Kier alpha value is -5.72. The van der Waals surface area contributed by atoms with E-state index in [1.54, 1.807) is 0 Å². The molecule has 0 N–H and O–H groups in total. The minimum atomic E-state index is 1.23. The molecule has 0 amide bonds. The van der Waals surface area contributed by atoms with Crippen molar-refractivity contribution in [2.24, 2.45) is 0 Å². The van der Waals surface area contributed by atoms with Crippen LogP contribution in [0.4, 0.5) is 0 Å². The molecule has 0 aliphatic carbocycles. The smallest absolute Gasteiger partial charge is 0.00928 e. The fourth-order valence-electron chi connectivity index (χ4n) is 6.94. The van der Waals surface area contributed by atoms with Gasteiger partial charge in [0.15, 0.2) is 0 Å². The average molecular weight is 557 g/mol. The molecule has 0 fully saturated rings. The lowest BCUT2D eigenvalue weighted by Crippen LogP contribution is -1.87. The molecule has 204 valence electrons. The van der Waals surface area contributed by atoms with Crippen molar-refractivity contribution in [2.45, 2.75) is 0 Å². The van der Waals surface area contributed by atoms with E-state index in [9.17, 15) is 0 Å². The molecule has 0 heterocycles. The Balaban J connectivity index is 1.14. The topological polar surface area (TPSA) is 0 Å². The van der Waals surface area contributed by atoms with Crippen LogP contribution in [0.15, 0.2) is 170 Å². The molecule has 0 aliphatic rings. The van der Waals surface area contributed by atoms with Crippen LogP contribution in [0.1, 0.15) is 0 Å². The fraction of sp³-hybridized carbons (Fsp3) is 0. The molecule has 9 aromatic carbocycles. The zero-order chi connectivity index (χ0) is 29.0. The predicted molar refractivity (Wildman–Crippen MR) is 190 cm³/mol. The molecular weight excluding hydrogens is 528 g/mol. The minimum absolute atomic E-state index is 1.23. The summed E-state index contributed by atoms with van der Waals surface area (Å²) in [6.07, 6.45) is 0. The quantitative estimate of drug-likeness (QED) is 0.190. The molecule has 0 unspecified atom stereocenters. The first-order valence-electron chi connectivity index (χ1n) is 15.3. The minimum Gasteiger partial charge on any atom is -0.0616 e. The van der Waals surface area contributed by atoms with Gasteiger partial charge < -0.3 is 0 Å². The fourth-order valence-corrected chi connectivity index (χ4v) is 6.94. The van der Waals surface area contributed by atoms with Gasteiger partial charge in [0.1, 0.15) is 0 Å². The van der Waals surface area contributed by atoms with Crippen molar-refractivity contribution in [2.75, 3.05) is 0 Å². The van der Waals surface area contributed by atoms with E-state index in [4.69, 9.17) is 0 Å². The molecule has 0 bridgehead atoms. The van der Waals surface area contributed by atoms with Crippen LogP contribution in [0.3, 0.4) is 0 Å². The van der Waals surface area contributed by atoms with Gasteiger partial charge in [0.05, 0.1) is 0 Å². The molecule has 0 spiro atoms. The van der Waals surface area contributed by atoms with Gasteiger partial charge in [0.2, 0.25) is 0 Å². The van der Waals surface area contributed by atoms with Gasteiger partial charge in [-0.1, -0.05) is 140 Å². The van der Waals surface area contributed by atoms with Gasteiger partial charge in [-0.05, 0) is 118 Å². The van der Waals surface area contributed by atoms with Crippen molar-refractivity contribution in [3.63, 3.8) is 0 Å². The number of fused-ring (bicyclic) bond motifs is 7. The van der Waals surface area contributed by atoms with Gasteiger partial charge in [-0.15, -0.1) is 0 Å². The Bertz CT molecular complexity index is 2550. The van der Waals surface area contributed by atoms with Gasteiger partial charge in [-0.2, -0.15) is 0 Å². The third-order valence-electron chi connectivity index (χ3n) is 9.20. The molecule has 0 saturated carbocycles. The third-order valence-corrected chi connectivity index (χ3v) is 9.20. The highest BCUT2D eigenvalue weighted by atomic mass is 14.2. The normalized spacial score (nSPS) is 11.6. The lowest BCUT2D eigenvalue weighted by molar-refractivity contribution is 1.61. The highest BCUT2D eigenvalue weighted by Gasteiger charge is 2.12. The van der Waals surface area contributed by atoms with Gasteiger partial charge in [0, 0.05) is 0 Å². The summed E-state index contributed by atoms with van der Waals surface area (Å²) in [4.78, 5) is 0. The maximum atomic E-state index is 2.40. The van der Waals surface area contributed by atoms with Gasteiger partial charge >= 0.3 is 0 Å². The van der Waals surface area contributed by atoms with Crippen molar-refractivity contribution >= 4 is 53.9 Å². The van der Waals surface area contributed by atoms with Crippen LogP contribution >= 0.6 is 0 Å². The Morgan fingerprint density at radius 3 is 1.43 bits per heavy atom. The van der Waals surface area contributed by atoms with Crippen LogP contribution in [-0.4, -0.2) is 0 Å². The summed E-state index contributed by atoms with van der Waals surface area (Å²) >= 11 is 0. The second-order valence-electron chi connectivity index (χ2n) is 11.8. The van der Waals surface area contributed by atoms with Crippen molar-refractivity contribution in [1.82, 2.24) is 0 Å². The summed E-state index contributed by atoms with van der Waals surface area (Å²) in [7, 11) is 0. The number of hydrogen-bond acceptors (Lipinski definition) is 0. The molecule has 0 saturated heterocycles. The van der Waals surface area contributed by atoms with Crippen LogP contribution in [0.2, 0.25) is 0 Å². The van der Waals surface area contributed by atoms with E-state index in [1.165, 1.54) is 87.2 Å². The largest absolute Gasteiger partial charge is 0.0616 e. The van der Waals surface area contributed by atoms with E-state index in [0.29, 0.717) is 0 Å². The van der Waals surface area contributed by atoms with Crippen LogP contribution in [0.25, 0.3) is 87.2 Å². The first kappa shape index (κ1) is 24.8. The van der Waals surface area contributed by atoms with E-state index in [0.717, 1.165) is 0 Å². The summed E-state index contributed by atoms with van der Waals surface area (Å²) in [5.74, 6) is 0. The average Bonchev–Trinajstić information content (AvgIpc) is 3.10. The highest BCUT2D eigenvalue weighted by molar-refractivity contribution is 6.21. The molecular formula is C44H28. The summed E-state index contributed by atoms with van der Waals surface area (Å²) in [6, 6.07) is 62.4. The van der Waals surface area contributed by atoms with E-state index in [2.05, 4.69) is 170 Å². The molecule has 0 heteroatoms. The van der Waals surface area contributed by atoms with E-state index in [1.807, 2.05) is 0 Å². The summed E-state index contributed by atoms with van der Waals surface area (Å²) in [5, 5.41) is 12.8. The number of benzene rings is 9. The number of rotatable bonds is 3. The maximum Gasteiger partial charge on any atom is -0.00928 e. The monoisotopic (exact) mass is 556 g/mol. The van der Waals surface area contributed by atoms with E-state index in [-0.39, 0.29) is 0 Å². The SMILES string of the molecule is c1cc(-c2ccc3ccccc3c2)cc(-c2ccc3cc(-c4cc5c6ccccc6ccc5c5ccccc45)ccc3c2)c1. The zero-order valence-corrected chi connectivity index (χ0v) is 24.2. The second-order valence-corrected chi connectivity index (χ2v) is 11.8. The highest BCUT2D eigenvalue weighted by Crippen LogP contribution is 2.39. The third kappa shape index (κ3) is 4.07. The maximum absolute atomic E-state index is 2.40. The standard InChI is InChI=1S/C44H28/c1-2-10-31-24-34(17-16-29(31)8-1)32-11-7-12-33(25-32)35-18-19-37-27-38(21-20-36(37)26-35)43-28-44-39-13-4-3-9-30(39)22-23-42(44)40-14-5-6-15-41(40)43/h1-28H. The Kier molecular flexibility index (Phi) is 5.61. The van der Waals surface area contributed by atoms with Crippen molar-refractivity contribution < 1.29 is 0 Å². The molecule has 0 radical (unpaired) electrons. The lowest BCUT2D eigenvalue weighted by Gasteiger charge is -2.14. The van der Waals surface area contributed by atoms with Crippen LogP contribution in [0, 0.1) is 0 Å². The van der Waals surface area contributed by atoms with Crippen molar-refractivity contribution in [1.29, 1.82) is 0 Å². The second kappa shape index (κ2) is 9.93. The van der Waals surface area contributed by atoms with Crippen LogP contribution in [0.5, 0.6) is 0 Å². The molecule has 0 aromatic heterocycles. The first-order valence-corrected chi connectivity index (χ1v) is 15.3. The Labute approximate surface area is 256 Å². The number of hydrogen-bond donors (Lipinski definition) is 0. The van der Waals surface area contributed by atoms with E-state index >= 15 is 0 Å². The Morgan fingerprint density at radius 2 is 0.682 bits per heavy atom. The van der Waals surface area contributed by atoms with Crippen LogP contribution in [-0.2, 0) is 0 Å². The molecule has 9 rings (SSSR count). The lowest BCUT2D eigenvalue weighted by atomic mass is 9.90. The van der Waals surface area contributed by atoms with Gasteiger partial charge in [-0.25, -0.2) is 0 Å². The van der Waals surface area contributed by atoms with E-state index < -0.39 is 0 Å². The molecule has 9 aromatic rings. The summed E-state index contributed by atoms with van der Waals surface area (Å²) in [6.45, 7) is 0. The van der Waals surface area contributed by atoms with Gasteiger partial charge in [-0.3, -0.25) is 0 Å².